The average Bonchev–Trinajstić information content (AvgIpc) is 3.52. The number of rotatable bonds is 6. The van der Waals surface area contributed by atoms with Gasteiger partial charge in [-0.15, -0.1) is 0 Å². The number of nitriles is 1. The molecule has 0 radical (unpaired) electrons. The van der Waals surface area contributed by atoms with Gasteiger partial charge in [0, 0.05) is 23.7 Å². The SMILES string of the molecule is COc1ccc(-c2c(C)nn3c(N(Cc4ccc(C#N)cc4)C4CC4)c4c(nc23)COC4)c(C)c1. The number of aromatic nitrogens is 3. The Balaban J connectivity index is 1.53. The first kappa shape index (κ1) is 21.6. The molecule has 7 heteroatoms. The fraction of sp³-hybridized carbons (Fsp3) is 0.321. The molecule has 1 aliphatic carbocycles. The fourth-order valence-electron chi connectivity index (χ4n) is 5.03. The van der Waals surface area contributed by atoms with Crippen LogP contribution >= 0.6 is 0 Å². The van der Waals surface area contributed by atoms with Gasteiger partial charge in [0.25, 0.3) is 0 Å². The highest BCUT2D eigenvalue weighted by Crippen LogP contribution is 2.41. The van der Waals surface area contributed by atoms with E-state index in [-0.39, 0.29) is 0 Å². The summed E-state index contributed by atoms with van der Waals surface area (Å²) in [7, 11) is 1.69. The number of aryl methyl sites for hydroxylation is 2. The topological polar surface area (TPSA) is 75.7 Å². The van der Waals surface area contributed by atoms with Crippen LogP contribution in [0.3, 0.4) is 0 Å². The minimum atomic E-state index is 0.455. The highest BCUT2D eigenvalue weighted by Gasteiger charge is 2.35. The van der Waals surface area contributed by atoms with Crippen molar-refractivity contribution in [2.75, 3.05) is 12.0 Å². The lowest BCUT2D eigenvalue weighted by molar-refractivity contribution is 0.133. The van der Waals surface area contributed by atoms with Gasteiger partial charge in [0.1, 0.15) is 11.6 Å². The molecule has 0 N–H and O–H groups in total. The summed E-state index contributed by atoms with van der Waals surface area (Å²) in [4.78, 5) is 7.53. The second-order valence-corrected chi connectivity index (χ2v) is 9.40. The van der Waals surface area contributed by atoms with E-state index in [9.17, 15) is 5.26 Å². The van der Waals surface area contributed by atoms with Crippen LogP contribution in [-0.4, -0.2) is 27.7 Å². The van der Waals surface area contributed by atoms with Gasteiger partial charge in [0.15, 0.2) is 5.65 Å². The van der Waals surface area contributed by atoms with Gasteiger partial charge in [-0.3, -0.25) is 0 Å². The lowest BCUT2D eigenvalue weighted by Gasteiger charge is -2.27. The van der Waals surface area contributed by atoms with E-state index >= 15 is 0 Å². The van der Waals surface area contributed by atoms with Crippen molar-refractivity contribution in [3.05, 3.63) is 76.1 Å². The monoisotopic (exact) mass is 465 g/mol. The molecule has 2 aromatic heterocycles. The molecule has 0 atom stereocenters. The molecule has 1 aliphatic heterocycles. The van der Waals surface area contributed by atoms with E-state index in [1.165, 1.54) is 5.56 Å². The van der Waals surface area contributed by atoms with Crippen LogP contribution in [0.25, 0.3) is 16.8 Å². The quantitative estimate of drug-likeness (QED) is 0.395. The zero-order chi connectivity index (χ0) is 24.1. The van der Waals surface area contributed by atoms with Crippen molar-refractivity contribution in [2.45, 2.75) is 52.5 Å². The van der Waals surface area contributed by atoms with Gasteiger partial charge in [0.2, 0.25) is 0 Å². The number of fused-ring (bicyclic) bond motifs is 2. The molecular weight excluding hydrogens is 438 g/mol. The molecule has 3 heterocycles. The van der Waals surface area contributed by atoms with Crippen LogP contribution in [0.2, 0.25) is 0 Å². The first-order valence-electron chi connectivity index (χ1n) is 12.0. The van der Waals surface area contributed by atoms with Crippen molar-refractivity contribution < 1.29 is 9.47 Å². The van der Waals surface area contributed by atoms with E-state index in [1.807, 2.05) is 34.8 Å². The van der Waals surface area contributed by atoms with Crippen LogP contribution in [0.5, 0.6) is 5.75 Å². The number of ether oxygens (including phenoxy) is 2. The van der Waals surface area contributed by atoms with Gasteiger partial charge in [-0.1, -0.05) is 18.2 Å². The van der Waals surface area contributed by atoms with Crippen LogP contribution in [0.15, 0.2) is 42.5 Å². The van der Waals surface area contributed by atoms with Crippen molar-refractivity contribution in [1.82, 2.24) is 14.6 Å². The molecule has 35 heavy (non-hydrogen) atoms. The minimum absolute atomic E-state index is 0.455. The molecule has 1 fully saturated rings. The summed E-state index contributed by atoms with van der Waals surface area (Å²) in [5, 5.41) is 14.2. The van der Waals surface area contributed by atoms with E-state index in [0.717, 1.165) is 70.2 Å². The molecule has 6 rings (SSSR count). The van der Waals surface area contributed by atoms with Crippen molar-refractivity contribution in [3.63, 3.8) is 0 Å². The molecule has 0 amide bonds. The predicted molar refractivity (Wildman–Crippen MR) is 133 cm³/mol. The number of nitrogens with zero attached hydrogens (tertiary/aromatic N) is 5. The van der Waals surface area contributed by atoms with Crippen molar-refractivity contribution in [1.29, 1.82) is 5.26 Å². The molecule has 2 aromatic carbocycles. The highest BCUT2D eigenvalue weighted by atomic mass is 16.5. The summed E-state index contributed by atoms with van der Waals surface area (Å²) in [5.41, 5.74) is 9.06. The van der Waals surface area contributed by atoms with E-state index in [1.54, 1.807) is 7.11 Å². The molecular formula is C28H27N5O2. The van der Waals surface area contributed by atoms with Gasteiger partial charge >= 0.3 is 0 Å². The lowest BCUT2D eigenvalue weighted by Crippen LogP contribution is -2.29. The Hall–Kier alpha value is -3.89. The third-order valence-electron chi connectivity index (χ3n) is 6.98. The van der Waals surface area contributed by atoms with Crippen LogP contribution in [0, 0.1) is 25.2 Å². The maximum atomic E-state index is 9.18. The van der Waals surface area contributed by atoms with E-state index in [2.05, 4.69) is 36.9 Å². The number of hydrogen-bond acceptors (Lipinski definition) is 6. The largest absolute Gasteiger partial charge is 0.497 e. The number of methoxy groups -OCH3 is 1. The van der Waals surface area contributed by atoms with Crippen molar-refractivity contribution in [2.24, 2.45) is 0 Å². The minimum Gasteiger partial charge on any atom is -0.497 e. The Kier molecular flexibility index (Phi) is 5.19. The second kappa shape index (κ2) is 8.40. The molecule has 1 saturated carbocycles. The number of benzene rings is 2. The van der Waals surface area contributed by atoms with Crippen LogP contribution in [0.1, 0.15) is 46.5 Å². The summed E-state index contributed by atoms with van der Waals surface area (Å²) in [5.74, 6) is 1.92. The Morgan fingerprint density at radius 3 is 2.63 bits per heavy atom. The van der Waals surface area contributed by atoms with Crippen LogP contribution < -0.4 is 9.64 Å². The van der Waals surface area contributed by atoms with E-state index < -0.39 is 0 Å². The third kappa shape index (κ3) is 3.71. The first-order valence-corrected chi connectivity index (χ1v) is 12.0. The predicted octanol–water partition coefficient (Wildman–Crippen LogP) is 5.09. The van der Waals surface area contributed by atoms with Crippen LogP contribution in [0.4, 0.5) is 5.82 Å². The number of anilines is 1. The summed E-state index contributed by atoms with van der Waals surface area (Å²) in [6.45, 7) is 5.96. The van der Waals surface area contributed by atoms with Gasteiger partial charge in [0.05, 0.1) is 43.3 Å². The number of hydrogen-bond donors (Lipinski definition) is 0. The molecule has 176 valence electrons. The molecule has 2 aliphatic rings. The Morgan fingerprint density at radius 1 is 1.14 bits per heavy atom. The first-order chi connectivity index (χ1) is 17.1. The molecule has 0 spiro atoms. The normalized spacial score (nSPS) is 14.7. The van der Waals surface area contributed by atoms with E-state index in [4.69, 9.17) is 19.6 Å². The molecule has 0 saturated heterocycles. The summed E-state index contributed by atoms with van der Waals surface area (Å²) >= 11 is 0. The Labute approximate surface area is 204 Å². The zero-order valence-electron chi connectivity index (χ0n) is 20.2. The maximum absolute atomic E-state index is 9.18. The standard InChI is InChI=1S/C28H27N5O2/c1-17-12-22(34-3)10-11-23(17)26-18(2)31-33-27(26)30-25-16-35-15-24(25)28(33)32(21-8-9-21)14-20-6-4-19(13-29)5-7-20/h4-7,10-12,21H,8-9,14-16H2,1-3H3. The fourth-order valence-corrected chi connectivity index (χ4v) is 5.03. The van der Waals surface area contributed by atoms with Crippen LogP contribution in [-0.2, 0) is 24.5 Å². The Bertz CT molecular complexity index is 1480. The molecule has 0 unspecified atom stereocenters. The molecule has 0 bridgehead atoms. The zero-order valence-corrected chi connectivity index (χ0v) is 20.2. The van der Waals surface area contributed by atoms with Gasteiger partial charge < -0.3 is 14.4 Å². The highest BCUT2D eigenvalue weighted by molar-refractivity contribution is 5.83. The van der Waals surface area contributed by atoms with Crippen molar-refractivity contribution >= 4 is 11.5 Å². The maximum Gasteiger partial charge on any atom is 0.165 e. The summed E-state index contributed by atoms with van der Waals surface area (Å²) < 4.78 is 13.3. The van der Waals surface area contributed by atoms with E-state index in [0.29, 0.717) is 24.8 Å². The summed E-state index contributed by atoms with van der Waals surface area (Å²) in [6.07, 6.45) is 2.31. The van der Waals surface area contributed by atoms with Gasteiger partial charge in [-0.25, -0.2) is 4.98 Å². The Morgan fingerprint density at radius 2 is 1.94 bits per heavy atom. The lowest BCUT2D eigenvalue weighted by atomic mass is 10.0. The average molecular weight is 466 g/mol. The molecule has 7 nitrogen and oxygen atoms in total. The smallest absolute Gasteiger partial charge is 0.165 e. The summed E-state index contributed by atoms with van der Waals surface area (Å²) in [6, 6.07) is 16.7. The third-order valence-corrected chi connectivity index (χ3v) is 6.98. The molecule has 4 aromatic rings. The second-order valence-electron chi connectivity index (χ2n) is 9.40. The van der Waals surface area contributed by atoms with Gasteiger partial charge in [-0.05, 0) is 67.6 Å². The van der Waals surface area contributed by atoms with Crippen molar-refractivity contribution in [3.8, 4) is 22.9 Å². The van der Waals surface area contributed by atoms with Gasteiger partial charge in [-0.2, -0.15) is 14.9 Å².